The summed E-state index contributed by atoms with van der Waals surface area (Å²) in [6, 6.07) is 20.3. The zero-order valence-electron chi connectivity index (χ0n) is 20.1. The van der Waals surface area contributed by atoms with Crippen molar-refractivity contribution in [2.75, 3.05) is 33.3 Å². The van der Waals surface area contributed by atoms with Gasteiger partial charge in [0.1, 0.15) is 5.75 Å². The van der Waals surface area contributed by atoms with Crippen molar-refractivity contribution >= 4 is 17.6 Å². The summed E-state index contributed by atoms with van der Waals surface area (Å²) >= 11 is 0. The predicted molar refractivity (Wildman–Crippen MR) is 132 cm³/mol. The van der Waals surface area contributed by atoms with Crippen LogP contribution in [-0.4, -0.2) is 39.8 Å². The van der Waals surface area contributed by atoms with Gasteiger partial charge in [-0.2, -0.15) is 0 Å². The highest BCUT2D eigenvalue weighted by Gasteiger charge is 2.37. The van der Waals surface area contributed by atoms with E-state index in [1.807, 2.05) is 48.5 Å². The Balaban J connectivity index is 1.48. The molecular weight excluding hydrogens is 446 g/mol. The summed E-state index contributed by atoms with van der Waals surface area (Å²) in [7, 11) is 4.76. The van der Waals surface area contributed by atoms with Crippen LogP contribution in [0.15, 0.2) is 66.7 Å². The van der Waals surface area contributed by atoms with Gasteiger partial charge in [-0.25, -0.2) is 0 Å². The fourth-order valence-electron chi connectivity index (χ4n) is 4.37. The van der Waals surface area contributed by atoms with Crippen LogP contribution in [0.5, 0.6) is 17.2 Å². The van der Waals surface area contributed by atoms with Gasteiger partial charge in [-0.15, -0.1) is 0 Å². The van der Waals surface area contributed by atoms with Gasteiger partial charge in [0.05, 0.1) is 39.5 Å². The molecule has 0 radical (unpaired) electrons. The van der Waals surface area contributed by atoms with Gasteiger partial charge in [-0.05, 0) is 60.4 Å². The summed E-state index contributed by atoms with van der Waals surface area (Å²) in [5.74, 6) is 1.20. The minimum atomic E-state index is -0.280. The summed E-state index contributed by atoms with van der Waals surface area (Å²) in [6.45, 7) is 0.375. The quantitative estimate of drug-likeness (QED) is 0.458. The van der Waals surface area contributed by atoms with Gasteiger partial charge in [0.15, 0.2) is 11.5 Å². The first-order valence-corrected chi connectivity index (χ1v) is 11.4. The maximum Gasteiger partial charge on any atom is 0.309 e. The summed E-state index contributed by atoms with van der Waals surface area (Å²) in [4.78, 5) is 25.1. The van der Waals surface area contributed by atoms with E-state index in [0.717, 1.165) is 11.1 Å². The molecular formula is C28H29NO6. The lowest BCUT2D eigenvalue weighted by Crippen LogP contribution is -2.21. The number of methoxy groups -OCH3 is 3. The molecule has 3 aromatic carbocycles. The lowest BCUT2D eigenvalue weighted by molar-refractivity contribution is -0.141. The minimum absolute atomic E-state index is 0.0315. The molecule has 0 bridgehead atoms. The first-order valence-electron chi connectivity index (χ1n) is 11.4. The fraction of sp³-hybridized carbons (Fsp3) is 0.286. The minimum Gasteiger partial charge on any atom is -0.495 e. The summed E-state index contributed by atoms with van der Waals surface area (Å²) in [5.41, 5.74) is 3.11. The second kappa shape index (κ2) is 11.0. The Kier molecular flexibility index (Phi) is 7.55. The van der Waals surface area contributed by atoms with Crippen LogP contribution in [-0.2, 0) is 22.4 Å². The number of ether oxygens (including phenoxy) is 4. The summed E-state index contributed by atoms with van der Waals surface area (Å²) in [6.07, 6.45) is 1.19. The van der Waals surface area contributed by atoms with Gasteiger partial charge in [-0.3, -0.25) is 9.59 Å². The number of hydrogen-bond acceptors (Lipinski definition) is 6. The van der Waals surface area contributed by atoms with E-state index in [1.165, 1.54) is 0 Å². The zero-order chi connectivity index (χ0) is 24.8. The summed E-state index contributed by atoms with van der Waals surface area (Å²) in [5, 5.41) is 2.89. The number of carbonyl (C=O) groups is 2. The second-order valence-electron chi connectivity index (χ2n) is 8.45. The smallest absolute Gasteiger partial charge is 0.309 e. The van der Waals surface area contributed by atoms with E-state index in [2.05, 4.69) is 5.32 Å². The SMILES string of the molecule is COc1cc(C[C@H]2C(=O)OC[C@@H]2Cc2ccc(OC)c(OC)c2)ccc1NC(=O)c1ccccc1. The normalized spacial score (nSPS) is 16.9. The van der Waals surface area contributed by atoms with Crippen molar-refractivity contribution in [2.24, 2.45) is 11.8 Å². The van der Waals surface area contributed by atoms with Crippen molar-refractivity contribution < 1.29 is 28.5 Å². The van der Waals surface area contributed by atoms with Crippen molar-refractivity contribution in [1.29, 1.82) is 0 Å². The first kappa shape index (κ1) is 24.1. The average Bonchev–Trinajstić information content (AvgIpc) is 3.23. The molecule has 0 unspecified atom stereocenters. The molecule has 7 nitrogen and oxygen atoms in total. The fourth-order valence-corrected chi connectivity index (χ4v) is 4.37. The third-order valence-corrected chi connectivity index (χ3v) is 6.26. The number of rotatable bonds is 9. The van der Waals surface area contributed by atoms with E-state index in [1.54, 1.807) is 39.5 Å². The van der Waals surface area contributed by atoms with Gasteiger partial charge in [0, 0.05) is 11.5 Å². The number of cyclic esters (lactones) is 1. The van der Waals surface area contributed by atoms with Gasteiger partial charge >= 0.3 is 5.97 Å². The highest BCUT2D eigenvalue weighted by atomic mass is 16.5. The largest absolute Gasteiger partial charge is 0.495 e. The molecule has 0 saturated carbocycles. The second-order valence-corrected chi connectivity index (χ2v) is 8.45. The number of hydrogen-bond donors (Lipinski definition) is 1. The lowest BCUT2D eigenvalue weighted by atomic mass is 9.85. The van der Waals surface area contributed by atoms with Gasteiger partial charge < -0.3 is 24.3 Å². The van der Waals surface area contributed by atoms with Crippen LogP contribution < -0.4 is 19.5 Å². The van der Waals surface area contributed by atoms with E-state index in [-0.39, 0.29) is 23.7 Å². The number of esters is 1. The molecule has 0 spiro atoms. The van der Waals surface area contributed by atoms with Crippen LogP contribution in [0, 0.1) is 11.8 Å². The molecule has 1 amide bonds. The number of amides is 1. The Bertz CT molecular complexity index is 1190. The monoisotopic (exact) mass is 475 g/mol. The third-order valence-electron chi connectivity index (χ3n) is 6.26. The van der Waals surface area contributed by atoms with Crippen molar-refractivity contribution in [2.45, 2.75) is 12.8 Å². The maximum atomic E-state index is 12.6. The van der Waals surface area contributed by atoms with Crippen molar-refractivity contribution in [3.8, 4) is 17.2 Å². The van der Waals surface area contributed by atoms with Crippen LogP contribution >= 0.6 is 0 Å². The molecule has 1 aliphatic rings. The van der Waals surface area contributed by atoms with E-state index in [4.69, 9.17) is 18.9 Å². The molecule has 1 fully saturated rings. The van der Waals surface area contributed by atoms with Crippen LogP contribution in [0.2, 0.25) is 0 Å². The first-order chi connectivity index (χ1) is 17.0. The molecule has 35 heavy (non-hydrogen) atoms. The number of nitrogens with one attached hydrogen (secondary N) is 1. The van der Waals surface area contributed by atoms with Crippen LogP contribution in [0.25, 0.3) is 0 Å². The molecule has 2 atom stereocenters. The van der Waals surface area contributed by atoms with E-state index in [0.29, 0.717) is 47.9 Å². The van der Waals surface area contributed by atoms with Crippen LogP contribution in [0.4, 0.5) is 5.69 Å². The highest BCUT2D eigenvalue weighted by molar-refractivity contribution is 6.05. The lowest BCUT2D eigenvalue weighted by Gasteiger charge is -2.18. The third kappa shape index (κ3) is 5.57. The number of anilines is 1. The van der Waals surface area contributed by atoms with E-state index in [9.17, 15) is 9.59 Å². The van der Waals surface area contributed by atoms with Crippen LogP contribution in [0.3, 0.4) is 0 Å². The Labute approximate surface area is 205 Å². The Hall–Kier alpha value is -4.00. The average molecular weight is 476 g/mol. The molecule has 4 rings (SSSR count). The molecule has 3 aromatic rings. The highest BCUT2D eigenvalue weighted by Crippen LogP contribution is 2.34. The molecule has 7 heteroatoms. The number of carbonyl (C=O) groups excluding carboxylic acids is 2. The van der Waals surface area contributed by atoms with Gasteiger partial charge in [0.2, 0.25) is 0 Å². The standard InChI is InChI=1S/C28H29NO6/c1-32-24-12-10-18(16-26(24)34-3)13-21-17-35-28(31)22(21)14-19-9-11-23(25(15-19)33-2)29-27(30)20-7-5-4-6-8-20/h4-12,15-16,21-22H,13-14,17H2,1-3H3,(H,29,30)/t21-,22+/m0/s1. The Morgan fingerprint density at radius 1 is 0.857 bits per heavy atom. The molecule has 182 valence electrons. The van der Waals surface area contributed by atoms with Crippen molar-refractivity contribution in [3.63, 3.8) is 0 Å². The van der Waals surface area contributed by atoms with E-state index >= 15 is 0 Å². The molecule has 1 N–H and O–H groups in total. The maximum absolute atomic E-state index is 12.6. The van der Waals surface area contributed by atoms with Gasteiger partial charge in [-0.1, -0.05) is 30.3 Å². The Morgan fingerprint density at radius 2 is 1.51 bits per heavy atom. The predicted octanol–water partition coefficient (Wildman–Crippen LogP) is 4.54. The topological polar surface area (TPSA) is 83.1 Å². The van der Waals surface area contributed by atoms with Gasteiger partial charge in [0.25, 0.3) is 5.91 Å². The Morgan fingerprint density at radius 3 is 2.23 bits per heavy atom. The van der Waals surface area contributed by atoms with Crippen molar-refractivity contribution in [1.82, 2.24) is 0 Å². The molecule has 0 aliphatic carbocycles. The number of benzene rings is 3. The van der Waals surface area contributed by atoms with E-state index < -0.39 is 0 Å². The zero-order valence-corrected chi connectivity index (χ0v) is 20.1. The van der Waals surface area contributed by atoms with Crippen molar-refractivity contribution in [3.05, 3.63) is 83.4 Å². The van der Waals surface area contributed by atoms with Crippen LogP contribution in [0.1, 0.15) is 21.5 Å². The summed E-state index contributed by atoms with van der Waals surface area (Å²) < 4.78 is 21.7. The molecule has 1 heterocycles. The molecule has 1 aliphatic heterocycles. The molecule has 1 saturated heterocycles. The molecule has 0 aromatic heterocycles.